The lowest BCUT2D eigenvalue weighted by Gasteiger charge is -2.28. The predicted octanol–water partition coefficient (Wildman–Crippen LogP) is 4.29. The Morgan fingerprint density at radius 1 is 1.07 bits per heavy atom. The van der Waals surface area contributed by atoms with Gasteiger partial charge in [0.2, 0.25) is 5.91 Å². The predicted molar refractivity (Wildman–Crippen MR) is 119 cm³/mol. The molecule has 0 saturated carbocycles. The van der Waals surface area contributed by atoms with Crippen molar-refractivity contribution in [3.63, 3.8) is 0 Å². The van der Waals surface area contributed by atoms with Gasteiger partial charge in [-0.2, -0.15) is 0 Å². The minimum absolute atomic E-state index is 0.0543. The number of halogens is 1. The summed E-state index contributed by atoms with van der Waals surface area (Å²) in [6.45, 7) is 8.35. The number of benzene rings is 2. The second-order valence-electron chi connectivity index (χ2n) is 8.00. The Morgan fingerprint density at radius 2 is 1.66 bits per heavy atom. The Hall–Kier alpha value is -2.34. The van der Waals surface area contributed by atoms with E-state index in [0.717, 1.165) is 10.0 Å². The highest BCUT2D eigenvalue weighted by Gasteiger charge is 2.26. The maximum Gasteiger partial charge on any atom is 0.261 e. The largest absolute Gasteiger partial charge is 0.484 e. The molecule has 0 radical (unpaired) electrons. The van der Waals surface area contributed by atoms with Crippen molar-refractivity contribution in [2.45, 2.75) is 45.7 Å². The van der Waals surface area contributed by atoms with Gasteiger partial charge in [0.05, 0.1) is 0 Å². The van der Waals surface area contributed by atoms with E-state index < -0.39 is 6.04 Å². The molecule has 0 aliphatic heterocycles. The van der Waals surface area contributed by atoms with Crippen LogP contribution in [0.4, 0.5) is 0 Å². The second-order valence-corrected chi connectivity index (χ2v) is 8.92. The highest BCUT2D eigenvalue weighted by molar-refractivity contribution is 9.10. The first-order chi connectivity index (χ1) is 13.6. The van der Waals surface area contributed by atoms with Gasteiger partial charge in [0.1, 0.15) is 11.8 Å². The summed E-state index contributed by atoms with van der Waals surface area (Å²) in [6.07, 6.45) is 0. The Bertz CT molecular complexity index is 827. The molecule has 0 spiro atoms. The summed E-state index contributed by atoms with van der Waals surface area (Å²) in [5.41, 5.74) is 2.19. The highest BCUT2D eigenvalue weighted by Crippen LogP contribution is 2.24. The van der Waals surface area contributed by atoms with Crippen molar-refractivity contribution >= 4 is 27.7 Å². The normalized spacial score (nSPS) is 12.2. The van der Waals surface area contributed by atoms with Gasteiger partial charge in [-0.3, -0.25) is 9.59 Å². The van der Waals surface area contributed by atoms with E-state index in [4.69, 9.17) is 4.74 Å². The van der Waals surface area contributed by atoms with Crippen molar-refractivity contribution in [3.8, 4) is 5.75 Å². The Kier molecular flexibility index (Phi) is 7.85. The van der Waals surface area contributed by atoms with E-state index in [1.54, 1.807) is 14.0 Å². The van der Waals surface area contributed by atoms with E-state index in [1.807, 2.05) is 48.5 Å². The van der Waals surface area contributed by atoms with E-state index in [1.165, 1.54) is 10.5 Å². The molecule has 0 heterocycles. The summed E-state index contributed by atoms with van der Waals surface area (Å²) < 4.78 is 6.67. The van der Waals surface area contributed by atoms with E-state index in [9.17, 15) is 9.59 Å². The number of amides is 2. The van der Waals surface area contributed by atoms with Crippen molar-refractivity contribution in [1.29, 1.82) is 0 Å². The first kappa shape index (κ1) is 22.9. The third kappa shape index (κ3) is 6.60. The minimum atomic E-state index is -0.608. The van der Waals surface area contributed by atoms with Crippen LogP contribution in [0.25, 0.3) is 0 Å². The van der Waals surface area contributed by atoms with Gasteiger partial charge in [-0.1, -0.05) is 61.0 Å². The van der Waals surface area contributed by atoms with Gasteiger partial charge >= 0.3 is 0 Å². The lowest BCUT2D eigenvalue weighted by atomic mass is 9.87. The minimum Gasteiger partial charge on any atom is -0.484 e. The molecule has 2 amide bonds. The van der Waals surface area contributed by atoms with Crippen LogP contribution < -0.4 is 10.1 Å². The number of likely N-dealkylation sites (N-methyl/N-ethyl adjacent to an activating group) is 1. The van der Waals surface area contributed by atoms with Crippen molar-refractivity contribution in [3.05, 3.63) is 64.1 Å². The van der Waals surface area contributed by atoms with Gasteiger partial charge in [-0.25, -0.2) is 0 Å². The molecule has 0 bridgehead atoms. The first-order valence-electron chi connectivity index (χ1n) is 9.60. The monoisotopic (exact) mass is 460 g/mol. The molecule has 5 nitrogen and oxygen atoms in total. The summed E-state index contributed by atoms with van der Waals surface area (Å²) in [5.74, 6) is 0.163. The van der Waals surface area contributed by atoms with E-state index in [0.29, 0.717) is 12.3 Å². The van der Waals surface area contributed by atoms with Crippen molar-refractivity contribution in [2.24, 2.45) is 0 Å². The van der Waals surface area contributed by atoms with Crippen LogP contribution in [-0.2, 0) is 21.5 Å². The SMILES string of the molecule is CNC(=O)[C@H](C)N(Cc1ccc(Br)cc1)C(=O)COc1ccc(C(C)(C)C)cc1. The molecule has 2 rings (SSSR count). The Morgan fingerprint density at radius 3 is 2.17 bits per heavy atom. The van der Waals surface area contributed by atoms with Gasteiger partial charge in [-0.15, -0.1) is 0 Å². The molecule has 1 N–H and O–H groups in total. The van der Waals surface area contributed by atoms with Crippen LogP contribution in [0.15, 0.2) is 53.0 Å². The lowest BCUT2D eigenvalue weighted by Crippen LogP contribution is -2.48. The molecule has 0 aliphatic rings. The number of hydrogen-bond acceptors (Lipinski definition) is 3. The van der Waals surface area contributed by atoms with Crippen LogP contribution in [-0.4, -0.2) is 36.4 Å². The number of hydrogen-bond donors (Lipinski definition) is 1. The van der Waals surface area contributed by atoms with Gasteiger partial charge < -0.3 is 15.0 Å². The fourth-order valence-corrected chi connectivity index (χ4v) is 3.12. The molecule has 0 aromatic heterocycles. The number of rotatable bonds is 7. The molecule has 0 unspecified atom stereocenters. The fourth-order valence-electron chi connectivity index (χ4n) is 2.86. The van der Waals surface area contributed by atoms with E-state index >= 15 is 0 Å². The highest BCUT2D eigenvalue weighted by atomic mass is 79.9. The molecule has 0 fully saturated rings. The fraction of sp³-hybridized carbons (Fsp3) is 0.391. The van der Waals surface area contributed by atoms with Gasteiger partial charge in [0.25, 0.3) is 5.91 Å². The van der Waals surface area contributed by atoms with E-state index in [2.05, 4.69) is 42.0 Å². The summed E-state index contributed by atoms with van der Waals surface area (Å²) >= 11 is 3.41. The molecular formula is C23H29BrN2O3. The van der Waals surface area contributed by atoms with Crippen molar-refractivity contribution in [2.75, 3.05) is 13.7 Å². The third-order valence-electron chi connectivity index (χ3n) is 4.76. The molecule has 1 atom stereocenters. The summed E-state index contributed by atoms with van der Waals surface area (Å²) in [6, 6.07) is 14.8. The van der Waals surface area contributed by atoms with Crippen LogP contribution in [0.5, 0.6) is 5.75 Å². The first-order valence-corrected chi connectivity index (χ1v) is 10.4. The smallest absolute Gasteiger partial charge is 0.261 e. The van der Waals surface area contributed by atoms with Crippen LogP contribution in [0.3, 0.4) is 0 Å². The van der Waals surface area contributed by atoms with Crippen molar-refractivity contribution < 1.29 is 14.3 Å². The number of carbonyl (C=O) groups excluding carboxylic acids is 2. The van der Waals surface area contributed by atoms with Crippen LogP contribution in [0, 0.1) is 0 Å². The number of nitrogens with zero attached hydrogens (tertiary/aromatic N) is 1. The number of carbonyl (C=O) groups is 2. The van der Waals surface area contributed by atoms with Crippen LogP contribution >= 0.6 is 15.9 Å². The molecule has 6 heteroatoms. The summed E-state index contributed by atoms with van der Waals surface area (Å²) in [4.78, 5) is 26.6. The topological polar surface area (TPSA) is 58.6 Å². The molecule has 156 valence electrons. The van der Waals surface area contributed by atoms with Crippen LogP contribution in [0.2, 0.25) is 0 Å². The second kappa shape index (κ2) is 9.92. The average Bonchev–Trinajstić information content (AvgIpc) is 2.70. The molecular weight excluding hydrogens is 432 g/mol. The molecule has 29 heavy (non-hydrogen) atoms. The summed E-state index contributed by atoms with van der Waals surface area (Å²) in [7, 11) is 1.56. The lowest BCUT2D eigenvalue weighted by molar-refractivity contribution is -0.142. The summed E-state index contributed by atoms with van der Waals surface area (Å²) in [5, 5.41) is 2.61. The standard InChI is InChI=1S/C23H29BrN2O3/c1-16(22(28)25-5)26(14-17-6-10-19(24)11-7-17)21(27)15-29-20-12-8-18(9-13-20)23(2,3)4/h6-13,16H,14-15H2,1-5H3,(H,25,28)/t16-/m0/s1. The van der Waals surface area contributed by atoms with Gasteiger partial charge in [0.15, 0.2) is 6.61 Å². The quantitative estimate of drug-likeness (QED) is 0.670. The number of nitrogens with one attached hydrogen (secondary N) is 1. The van der Waals surface area contributed by atoms with Crippen molar-refractivity contribution in [1.82, 2.24) is 10.2 Å². The average molecular weight is 461 g/mol. The van der Waals surface area contributed by atoms with E-state index in [-0.39, 0.29) is 23.8 Å². The maximum absolute atomic E-state index is 12.9. The zero-order valence-electron chi connectivity index (χ0n) is 17.7. The zero-order chi connectivity index (χ0) is 21.6. The third-order valence-corrected chi connectivity index (χ3v) is 5.29. The molecule has 2 aromatic carbocycles. The maximum atomic E-state index is 12.9. The zero-order valence-corrected chi connectivity index (χ0v) is 19.2. The van der Waals surface area contributed by atoms with Crippen LogP contribution in [0.1, 0.15) is 38.8 Å². The number of ether oxygens (including phenoxy) is 1. The molecule has 0 aliphatic carbocycles. The Labute approximate surface area is 181 Å². The van der Waals surface area contributed by atoms with Gasteiger partial charge in [0, 0.05) is 18.1 Å². The molecule has 2 aromatic rings. The van der Waals surface area contributed by atoms with Gasteiger partial charge in [-0.05, 0) is 47.7 Å². The molecule has 0 saturated heterocycles. The Balaban J connectivity index is 2.10.